The van der Waals surface area contributed by atoms with Crippen LogP contribution in [0.25, 0.3) is 0 Å². The molecule has 0 aliphatic carbocycles. The van der Waals surface area contributed by atoms with E-state index in [4.69, 9.17) is 0 Å². The summed E-state index contributed by atoms with van der Waals surface area (Å²) in [6.45, 7) is 2.12. The largest absolute Gasteiger partial charge is 0.508 e. The fraction of sp³-hybridized carbons (Fsp3) is 0.231. The molecule has 158 valence electrons. The lowest BCUT2D eigenvalue weighted by molar-refractivity contribution is -0.117. The zero-order valence-corrected chi connectivity index (χ0v) is 18.2. The first kappa shape index (κ1) is 21.2. The number of phenols is 1. The zero-order chi connectivity index (χ0) is 21.8. The number of carbonyl (C=O) groups excluding carboxylic acids is 2. The van der Waals surface area contributed by atoms with Gasteiger partial charge in [0.15, 0.2) is 5.78 Å². The number of phenolic OH excluding ortho intramolecular Hbond substituents is 1. The van der Waals surface area contributed by atoms with Gasteiger partial charge in [0.2, 0.25) is 5.91 Å². The number of benzene rings is 3. The first-order chi connectivity index (χ1) is 15.1. The SMILES string of the molecule is CCCCC1SC(c2cccc(C(=O)c3ccccc3)c2)N(c2ccc(O)cc2)C1=O. The maximum Gasteiger partial charge on any atom is 0.241 e. The summed E-state index contributed by atoms with van der Waals surface area (Å²) >= 11 is 1.64. The van der Waals surface area contributed by atoms with Crippen molar-refractivity contribution in [2.45, 2.75) is 36.8 Å². The van der Waals surface area contributed by atoms with Crippen molar-refractivity contribution < 1.29 is 14.7 Å². The van der Waals surface area contributed by atoms with Crippen LogP contribution in [0, 0.1) is 0 Å². The van der Waals surface area contributed by atoms with Crippen molar-refractivity contribution in [3.63, 3.8) is 0 Å². The lowest BCUT2D eigenvalue weighted by atomic mass is 10.0. The van der Waals surface area contributed by atoms with Crippen LogP contribution >= 0.6 is 11.8 Å². The maximum atomic E-state index is 13.3. The summed E-state index contributed by atoms with van der Waals surface area (Å²) in [5.74, 6) is 0.210. The van der Waals surface area contributed by atoms with Crippen LogP contribution in [0.5, 0.6) is 5.75 Å². The number of anilines is 1. The Kier molecular flexibility index (Phi) is 6.42. The van der Waals surface area contributed by atoms with Gasteiger partial charge in [0.25, 0.3) is 0 Å². The van der Waals surface area contributed by atoms with E-state index in [9.17, 15) is 14.7 Å². The van der Waals surface area contributed by atoms with Crippen LogP contribution in [0.1, 0.15) is 53.0 Å². The van der Waals surface area contributed by atoms with Crippen molar-refractivity contribution in [3.8, 4) is 5.75 Å². The normalized spacial score (nSPS) is 18.4. The second kappa shape index (κ2) is 9.40. The lowest BCUT2D eigenvalue weighted by Gasteiger charge is -2.24. The Morgan fingerprint density at radius 1 is 0.968 bits per heavy atom. The minimum absolute atomic E-state index is 0.0320. The van der Waals surface area contributed by atoms with Gasteiger partial charge in [0.05, 0.1) is 5.25 Å². The molecule has 2 unspecified atom stereocenters. The van der Waals surface area contributed by atoms with E-state index in [1.807, 2.05) is 54.6 Å². The highest BCUT2D eigenvalue weighted by molar-refractivity contribution is 8.01. The Morgan fingerprint density at radius 3 is 2.39 bits per heavy atom. The van der Waals surface area contributed by atoms with Crippen molar-refractivity contribution in [2.24, 2.45) is 0 Å². The zero-order valence-electron chi connectivity index (χ0n) is 17.4. The van der Waals surface area contributed by atoms with E-state index < -0.39 is 0 Å². The smallest absolute Gasteiger partial charge is 0.241 e. The van der Waals surface area contributed by atoms with Crippen LogP contribution < -0.4 is 4.90 Å². The third-order valence-electron chi connectivity index (χ3n) is 5.46. The fourth-order valence-corrected chi connectivity index (χ4v) is 5.31. The molecular formula is C26H25NO3S. The van der Waals surface area contributed by atoms with Gasteiger partial charge in [-0.25, -0.2) is 0 Å². The molecule has 1 aliphatic rings. The van der Waals surface area contributed by atoms with E-state index >= 15 is 0 Å². The average Bonchev–Trinajstić information content (AvgIpc) is 3.14. The Morgan fingerprint density at radius 2 is 1.68 bits per heavy atom. The molecule has 5 heteroatoms. The van der Waals surface area contributed by atoms with Crippen molar-refractivity contribution in [2.75, 3.05) is 4.90 Å². The molecule has 1 amide bonds. The molecule has 1 fully saturated rings. The fourth-order valence-electron chi connectivity index (χ4n) is 3.82. The van der Waals surface area contributed by atoms with Crippen molar-refractivity contribution >= 4 is 29.1 Å². The quantitative estimate of drug-likeness (QED) is 0.469. The van der Waals surface area contributed by atoms with Gasteiger partial charge in [0, 0.05) is 16.8 Å². The average molecular weight is 432 g/mol. The number of ketones is 1. The number of hydrogen-bond donors (Lipinski definition) is 1. The molecule has 0 spiro atoms. The number of thioether (sulfide) groups is 1. The minimum Gasteiger partial charge on any atom is -0.508 e. The van der Waals surface area contributed by atoms with Gasteiger partial charge >= 0.3 is 0 Å². The number of rotatable bonds is 7. The molecule has 3 aromatic carbocycles. The summed E-state index contributed by atoms with van der Waals surface area (Å²) in [6, 6.07) is 23.5. The Hall–Kier alpha value is -3.05. The number of amides is 1. The molecule has 1 N–H and O–H groups in total. The van der Waals surface area contributed by atoms with E-state index in [1.165, 1.54) is 0 Å². The van der Waals surface area contributed by atoms with Crippen molar-refractivity contribution in [3.05, 3.63) is 95.6 Å². The summed E-state index contributed by atoms with van der Waals surface area (Å²) in [5.41, 5.74) is 2.93. The third-order valence-corrected chi connectivity index (χ3v) is 6.96. The molecule has 1 heterocycles. The molecule has 0 aromatic heterocycles. The molecular weight excluding hydrogens is 406 g/mol. The third kappa shape index (κ3) is 4.52. The standard InChI is InChI=1S/C26H25NO3S/c1-2-3-12-23-25(30)27(21-13-15-22(28)16-14-21)26(31-23)20-11-7-10-19(17-20)24(29)18-8-5-4-6-9-18/h4-11,13-17,23,26,28H,2-3,12H2,1H3. The van der Waals surface area contributed by atoms with Gasteiger partial charge in [-0.3, -0.25) is 14.5 Å². The van der Waals surface area contributed by atoms with Crippen LogP contribution in [-0.4, -0.2) is 22.0 Å². The number of aromatic hydroxyl groups is 1. The Balaban J connectivity index is 1.69. The highest BCUT2D eigenvalue weighted by atomic mass is 32.2. The molecule has 2 atom stereocenters. The first-order valence-corrected chi connectivity index (χ1v) is 11.5. The van der Waals surface area contributed by atoms with Crippen LogP contribution in [0.2, 0.25) is 0 Å². The number of nitrogens with zero attached hydrogens (tertiary/aromatic N) is 1. The Labute approximate surface area is 186 Å². The molecule has 4 rings (SSSR count). The van der Waals surface area contributed by atoms with E-state index in [2.05, 4.69) is 6.92 Å². The molecule has 0 radical (unpaired) electrons. The molecule has 0 saturated carbocycles. The van der Waals surface area contributed by atoms with Crippen molar-refractivity contribution in [1.82, 2.24) is 0 Å². The summed E-state index contributed by atoms with van der Waals surface area (Å²) in [6.07, 6.45) is 2.86. The second-order valence-electron chi connectivity index (χ2n) is 7.66. The van der Waals surface area contributed by atoms with Crippen LogP contribution in [0.3, 0.4) is 0 Å². The van der Waals surface area contributed by atoms with Crippen LogP contribution in [0.4, 0.5) is 5.69 Å². The number of carbonyl (C=O) groups is 2. The predicted octanol–water partition coefficient (Wildman–Crippen LogP) is 5.96. The topological polar surface area (TPSA) is 57.6 Å². The lowest BCUT2D eigenvalue weighted by Crippen LogP contribution is -2.31. The molecule has 31 heavy (non-hydrogen) atoms. The van der Waals surface area contributed by atoms with Gasteiger partial charge in [-0.05, 0) is 42.3 Å². The highest BCUT2D eigenvalue weighted by Gasteiger charge is 2.41. The summed E-state index contributed by atoms with van der Waals surface area (Å²) < 4.78 is 0. The Bertz CT molecular complexity index is 1070. The van der Waals surface area contributed by atoms with E-state index in [1.54, 1.807) is 40.9 Å². The number of unbranched alkanes of at least 4 members (excludes halogenated alkanes) is 1. The molecule has 4 nitrogen and oxygen atoms in total. The van der Waals surface area contributed by atoms with Gasteiger partial charge in [-0.1, -0.05) is 68.3 Å². The van der Waals surface area contributed by atoms with Crippen LogP contribution in [-0.2, 0) is 4.79 Å². The van der Waals surface area contributed by atoms with E-state index in [-0.39, 0.29) is 28.1 Å². The second-order valence-corrected chi connectivity index (χ2v) is 8.95. The molecule has 3 aromatic rings. The van der Waals surface area contributed by atoms with Crippen molar-refractivity contribution in [1.29, 1.82) is 0 Å². The summed E-state index contributed by atoms with van der Waals surface area (Å²) in [5, 5.41) is 9.34. The first-order valence-electron chi connectivity index (χ1n) is 10.6. The monoisotopic (exact) mass is 431 g/mol. The van der Waals surface area contributed by atoms with E-state index in [0.29, 0.717) is 11.1 Å². The summed E-state index contributed by atoms with van der Waals surface area (Å²) in [7, 11) is 0. The van der Waals surface area contributed by atoms with Crippen LogP contribution in [0.15, 0.2) is 78.9 Å². The van der Waals surface area contributed by atoms with Gasteiger partial charge in [0.1, 0.15) is 11.1 Å². The molecule has 1 aliphatic heterocycles. The molecule has 0 bridgehead atoms. The number of hydrogen-bond acceptors (Lipinski definition) is 4. The van der Waals surface area contributed by atoms with Gasteiger partial charge < -0.3 is 5.11 Å². The van der Waals surface area contributed by atoms with Gasteiger partial charge in [-0.2, -0.15) is 0 Å². The highest BCUT2D eigenvalue weighted by Crippen LogP contribution is 2.47. The predicted molar refractivity (Wildman–Crippen MR) is 126 cm³/mol. The van der Waals surface area contributed by atoms with E-state index in [0.717, 1.165) is 30.5 Å². The minimum atomic E-state index is -0.220. The van der Waals surface area contributed by atoms with Gasteiger partial charge in [-0.15, -0.1) is 11.8 Å². The summed E-state index contributed by atoms with van der Waals surface area (Å²) in [4.78, 5) is 28.1. The molecule has 1 saturated heterocycles. The maximum absolute atomic E-state index is 13.3.